The Bertz CT molecular complexity index is 384. The Morgan fingerprint density at radius 3 is 2.75 bits per heavy atom. The molecule has 2 rings (SSSR count). The second-order valence-electron chi connectivity index (χ2n) is 4.76. The van der Waals surface area contributed by atoms with E-state index in [4.69, 9.17) is 5.11 Å². The molecule has 0 saturated heterocycles. The highest BCUT2D eigenvalue weighted by Crippen LogP contribution is 2.37. The third kappa shape index (κ3) is 2.26. The molecule has 2 heteroatoms. The number of aryl methyl sites for hydroxylation is 1. The molecule has 1 fully saturated rings. The van der Waals surface area contributed by atoms with Crippen molar-refractivity contribution in [3.8, 4) is 0 Å². The first-order valence-electron chi connectivity index (χ1n) is 5.97. The molecule has 0 aromatic heterocycles. The average Bonchev–Trinajstić information content (AvgIpc) is 2.30. The van der Waals surface area contributed by atoms with Crippen LogP contribution in [0.2, 0.25) is 0 Å². The van der Waals surface area contributed by atoms with E-state index < -0.39 is 5.97 Å². The number of hydrogen-bond acceptors (Lipinski definition) is 1. The van der Waals surface area contributed by atoms with Gasteiger partial charge in [-0.2, -0.15) is 0 Å². The number of rotatable bonds is 2. The predicted octanol–water partition coefficient (Wildman–Crippen LogP) is 3.35. The molecule has 0 amide bonds. The van der Waals surface area contributed by atoms with Gasteiger partial charge in [-0.3, -0.25) is 4.79 Å². The van der Waals surface area contributed by atoms with Gasteiger partial charge in [-0.05, 0) is 43.2 Å². The fourth-order valence-corrected chi connectivity index (χ4v) is 2.74. The number of carboxylic acid groups (broad SMARTS) is 1. The zero-order valence-corrected chi connectivity index (χ0v) is 9.65. The van der Waals surface area contributed by atoms with Gasteiger partial charge < -0.3 is 5.11 Å². The Labute approximate surface area is 96.3 Å². The first kappa shape index (κ1) is 11.2. The fraction of sp³-hybridized carbons (Fsp3) is 0.500. The number of carboxylic acids is 1. The Hall–Kier alpha value is -1.31. The molecule has 1 saturated carbocycles. The predicted molar refractivity (Wildman–Crippen MR) is 63.5 cm³/mol. The molecular formula is C14H18O2. The maximum atomic E-state index is 11.0. The SMILES string of the molecule is Cc1ccccc1C1CCCC(C(=O)O)C1. The van der Waals surface area contributed by atoms with Crippen molar-refractivity contribution >= 4 is 5.97 Å². The lowest BCUT2D eigenvalue weighted by Gasteiger charge is -2.27. The molecule has 0 bridgehead atoms. The lowest BCUT2D eigenvalue weighted by atomic mass is 9.77. The summed E-state index contributed by atoms with van der Waals surface area (Å²) in [5.41, 5.74) is 2.63. The molecule has 2 nitrogen and oxygen atoms in total. The molecule has 1 N–H and O–H groups in total. The topological polar surface area (TPSA) is 37.3 Å². The van der Waals surface area contributed by atoms with Crippen LogP contribution in [0.4, 0.5) is 0 Å². The summed E-state index contributed by atoms with van der Waals surface area (Å²) in [5.74, 6) is -0.326. The van der Waals surface area contributed by atoms with E-state index in [9.17, 15) is 4.79 Å². The normalized spacial score (nSPS) is 25.3. The van der Waals surface area contributed by atoms with Gasteiger partial charge in [0.25, 0.3) is 0 Å². The van der Waals surface area contributed by atoms with Gasteiger partial charge in [-0.15, -0.1) is 0 Å². The molecule has 0 aliphatic heterocycles. The van der Waals surface area contributed by atoms with Crippen molar-refractivity contribution in [1.29, 1.82) is 0 Å². The summed E-state index contributed by atoms with van der Waals surface area (Å²) in [4.78, 5) is 11.0. The van der Waals surface area contributed by atoms with E-state index in [0.29, 0.717) is 5.92 Å². The van der Waals surface area contributed by atoms with Crippen LogP contribution in [0.3, 0.4) is 0 Å². The minimum absolute atomic E-state index is 0.140. The van der Waals surface area contributed by atoms with Crippen molar-refractivity contribution in [2.24, 2.45) is 5.92 Å². The summed E-state index contributed by atoms with van der Waals surface area (Å²) in [5, 5.41) is 9.07. The largest absolute Gasteiger partial charge is 0.481 e. The van der Waals surface area contributed by atoms with E-state index in [1.165, 1.54) is 11.1 Å². The maximum Gasteiger partial charge on any atom is 0.306 e. The number of hydrogen-bond donors (Lipinski definition) is 1. The monoisotopic (exact) mass is 218 g/mol. The van der Waals surface area contributed by atoms with E-state index >= 15 is 0 Å². The minimum Gasteiger partial charge on any atom is -0.481 e. The zero-order valence-electron chi connectivity index (χ0n) is 9.65. The Morgan fingerprint density at radius 1 is 1.31 bits per heavy atom. The quantitative estimate of drug-likeness (QED) is 0.826. The van der Waals surface area contributed by atoms with E-state index in [-0.39, 0.29) is 5.92 Å². The van der Waals surface area contributed by atoms with Crippen LogP contribution in [0.5, 0.6) is 0 Å². The first-order chi connectivity index (χ1) is 7.68. The van der Waals surface area contributed by atoms with Crippen molar-refractivity contribution < 1.29 is 9.90 Å². The second kappa shape index (κ2) is 4.69. The van der Waals surface area contributed by atoms with Crippen LogP contribution < -0.4 is 0 Å². The highest BCUT2D eigenvalue weighted by molar-refractivity contribution is 5.70. The molecule has 0 heterocycles. The highest BCUT2D eigenvalue weighted by atomic mass is 16.4. The molecule has 1 aliphatic carbocycles. The molecule has 0 radical (unpaired) electrons. The van der Waals surface area contributed by atoms with E-state index in [1.807, 2.05) is 12.1 Å². The summed E-state index contributed by atoms with van der Waals surface area (Å²) in [7, 11) is 0. The summed E-state index contributed by atoms with van der Waals surface area (Å²) in [6, 6.07) is 8.34. The summed E-state index contributed by atoms with van der Waals surface area (Å²) >= 11 is 0. The van der Waals surface area contributed by atoms with Gasteiger partial charge in [0.2, 0.25) is 0 Å². The van der Waals surface area contributed by atoms with Gasteiger partial charge >= 0.3 is 5.97 Å². The van der Waals surface area contributed by atoms with Crippen molar-refractivity contribution in [3.63, 3.8) is 0 Å². The summed E-state index contributed by atoms with van der Waals surface area (Å²) < 4.78 is 0. The smallest absolute Gasteiger partial charge is 0.306 e. The van der Waals surface area contributed by atoms with E-state index in [1.54, 1.807) is 0 Å². The van der Waals surface area contributed by atoms with Crippen LogP contribution in [0.25, 0.3) is 0 Å². The average molecular weight is 218 g/mol. The fourth-order valence-electron chi connectivity index (χ4n) is 2.74. The maximum absolute atomic E-state index is 11.0. The number of carbonyl (C=O) groups is 1. The molecule has 2 atom stereocenters. The minimum atomic E-state index is -0.627. The first-order valence-corrected chi connectivity index (χ1v) is 5.97. The zero-order chi connectivity index (χ0) is 11.5. The molecule has 1 aromatic carbocycles. The summed E-state index contributed by atoms with van der Waals surface area (Å²) in [6.07, 6.45) is 3.82. The van der Waals surface area contributed by atoms with Crippen LogP contribution in [0.15, 0.2) is 24.3 Å². The molecule has 16 heavy (non-hydrogen) atoms. The Balaban J connectivity index is 2.16. The van der Waals surface area contributed by atoms with Crippen LogP contribution in [-0.4, -0.2) is 11.1 Å². The van der Waals surface area contributed by atoms with E-state index in [2.05, 4.69) is 19.1 Å². The lowest BCUT2D eigenvalue weighted by molar-refractivity contribution is -0.142. The standard InChI is InChI=1S/C14H18O2/c1-10-5-2-3-8-13(10)11-6-4-7-12(9-11)14(15)16/h2-3,5,8,11-12H,4,6-7,9H2,1H3,(H,15,16). The van der Waals surface area contributed by atoms with Gasteiger partial charge in [0.05, 0.1) is 5.92 Å². The molecule has 1 aromatic rings. The van der Waals surface area contributed by atoms with Crippen LogP contribution >= 0.6 is 0 Å². The van der Waals surface area contributed by atoms with Crippen LogP contribution in [0, 0.1) is 12.8 Å². The van der Waals surface area contributed by atoms with Gasteiger partial charge in [-0.25, -0.2) is 0 Å². The molecule has 86 valence electrons. The summed E-state index contributed by atoms with van der Waals surface area (Å²) in [6.45, 7) is 2.11. The Kier molecular flexibility index (Phi) is 3.28. The number of benzene rings is 1. The van der Waals surface area contributed by atoms with Gasteiger partial charge in [-0.1, -0.05) is 30.7 Å². The van der Waals surface area contributed by atoms with Gasteiger partial charge in [0, 0.05) is 0 Å². The lowest BCUT2D eigenvalue weighted by Crippen LogP contribution is -2.21. The van der Waals surface area contributed by atoms with Gasteiger partial charge in [0.1, 0.15) is 0 Å². The molecule has 0 spiro atoms. The second-order valence-corrected chi connectivity index (χ2v) is 4.76. The van der Waals surface area contributed by atoms with E-state index in [0.717, 1.165) is 25.7 Å². The molecule has 1 aliphatic rings. The van der Waals surface area contributed by atoms with Crippen molar-refractivity contribution in [2.75, 3.05) is 0 Å². The van der Waals surface area contributed by atoms with Crippen molar-refractivity contribution in [3.05, 3.63) is 35.4 Å². The molecular weight excluding hydrogens is 200 g/mol. The number of aliphatic carboxylic acids is 1. The van der Waals surface area contributed by atoms with Gasteiger partial charge in [0.15, 0.2) is 0 Å². The third-order valence-electron chi connectivity index (χ3n) is 3.65. The Morgan fingerprint density at radius 2 is 2.06 bits per heavy atom. The van der Waals surface area contributed by atoms with Crippen LogP contribution in [-0.2, 0) is 4.79 Å². The van der Waals surface area contributed by atoms with Crippen molar-refractivity contribution in [2.45, 2.75) is 38.5 Å². The third-order valence-corrected chi connectivity index (χ3v) is 3.65. The van der Waals surface area contributed by atoms with Crippen molar-refractivity contribution in [1.82, 2.24) is 0 Å². The highest BCUT2D eigenvalue weighted by Gasteiger charge is 2.28. The van der Waals surface area contributed by atoms with Crippen LogP contribution in [0.1, 0.15) is 42.7 Å². The molecule has 2 unspecified atom stereocenters.